The second-order valence-electron chi connectivity index (χ2n) is 5.04. The first kappa shape index (κ1) is 14.7. The Bertz CT molecular complexity index is 602. The van der Waals surface area contributed by atoms with Crippen molar-refractivity contribution in [3.8, 4) is 0 Å². The maximum absolute atomic E-state index is 12.0. The molecule has 0 fully saturated rings. The van der Waals surface area contributed by atoms with Gasteiger partial charge in [-0.1, -0.05) is 6.92 Å². The Morgan fingerprint density at radius 3 is 2.85 bits per heavy atom. The molecule has 0 bridgehead atoms. The Balaban J connectivity index is 2.32. The number of ketones is 1. The Labute approximate surface area is 119 Å². The van der Waals surface area contributed by atoms with E-state index in [-0.39, 0.29) is 5.78 Å². The van der Waals surface area contributed by atoms with E-state index in [2.05, 4.69) is 9.55 Å². The van der Waals surface area contributed by atoms with E-state index in [0.717, 1.165) is 48.3 Å². The number of fused-ring (bicyclic) bond motifs is 1. The Morgan fingerprint density at radius 1 is 1.35 bits per heavy atom. The summed E-state index contributed by atoms with van der Waals surface area (Å²) in [5.41, 5.74) is 2.69. The van der Waals surface area contributed by atoms with Crippen LogP contribution in [0.1, 0.15) is 42.2 Å². The highest BCUT2D eigenvalue weighted by Gasteiger charge is 2.14. The van der Waals surface area contributed by atoms with Crippen LogP contribution < -0.4 is 0 Å². The van der Waals surface area contributed by atoms with E-state index in [1.54, 1.807) is 7.11 Å². The van der Waals surface area contributed by atoms with Gasteiger partial charge in [0.05, 0.1) is 0 Å². The minimum atomic E-state index is 0.177. The third-order valence-electron chi connectivity index (χ3n) is 3.48. The van der Waals surface area contributed by atoms with Gasteiger partial charge in [-0.2, -0.15) is 0 Å². The van der Waals surface area contributed by atoms with Crippen LogP contribution in [0, 0.1) is 6.92 Å². The van der Waals surface area contributed by atoms with Crippen LogP contribution in [0.15, 0.2) is 18.3 Å². The summed E-state index contributed by atoms with van der Waals surface area (Å²) in [5.74, 6) is 0.177. The van der Waals surface area contributed by atoms with E-state index in [4.69, 9.17) is 4.74 Å². The van der Waals surface area contributed by atoms with E-state index in [9.17, 15) is 4.79 Å². The van der Waals surface area contributed by atoms with Gasteiger partial charge in [-0.3, -0.25) is 4.79 Å². The summed E-state index contributed by atoms with van der Waals surface area (Å²) in [7, 11) is 1.72. The number of carbonyl (C=O) groups is 1. The Morgan fingerprint density at radius 2 is 2.15 bits per heavy atom. The predicted octanol–water partition coefficient (Wildman–Crippen LogP) is 3.36. The SMILES string of the molecule is CCC(=O)c1cn(CCCCOC)c2nc(C)ccc12. The number of unbranched alkanes of at least 4 members (excludes halogenated alkanes) is 1. The summed E-state index contributed by atoms with van der Waals surface area (Å²) < 4.78 is 7.17. The van der Waals surface area contributed by atoms with Crippen molar-refractivity contribution < 1.29 is 9.53 Å². The summed E-state index contributed by atoms with van der Waals surface area (Å²) in [6.07, 6.45) is 4.51. The fraction of sp³-hybridized carbons (Fsp3) is 0.500. The average Bonchev–Trinajstić information content (AvgIpc) is 2.81. The van der Waals surface area contributed by atoms with Gasteiger partial charge in [0.1, 0.15) is 5.65 Å². The van der Waals surface area contributed by atoms with E-state index in [1.165, 1.54) is 0 Å². The molecular weight excluding hydrogens is 252 g/mol. The van der Waals surface area contributed by atoms with E-state index in [1.807, 2.05) is 32.2 Å². The molecule has 2 heterocycles. The topological polar surface area (TPSA) is 44.1 Å². The number of nitrogens with zero attached hydrogens (tertiary/aromatic N) is 2. The van der Waals surface area contributed by atoms with Gasteiger partial charge >= 0.3 is 0 Å². The first-order valence-electron chi connectivity index (χ1n) is 7.16. The zero-order chi connectivity index (χ0) is 14.5. The number of ether oxygens (including phenoxy) is 1. The van der Waals surface area contributed by atoms with E-state index < -0.39 is 0 Å². The zero-order valence-electron chi connectivity index (χ0n) is 12.5. The van der Waals surface area contributed by atoms with E-state index in [0.29, 0.717) is 6.42 Å². The highest BCUT2D eigenvalue weighted by Crippen LogP contribution is 2.22. The van der Waals surface area contributed by atoms with Crippen molar-refractivity contribution in [1.82, 2.24) is 9.55 Å². The monoisotopic (exact) mass is 274 g/mol. The molecule has 0 spiro atoms. The van der Waals surface area contributed by atoms with Gasteiger partial charge < -0.3 is 9.30 Å². The molecule has 0 atom stereocenters. The molecule has 2 rings (SSSR count). The van der Waals surface area contributed by atoms with Crippen molar-refractivity contribution in [2.45, 2.75) is 39.7 Å². The molecule has 0 unspecified atom stereocenters. The number of hydrogen-bond acceptors (Lipinski definition) is 3. The van der Waals surface area contributed by atoms with Crippen LogP contribution >= 0.6 is 0 Å². The summed E-state index contributed by atoms with van der Waals surface area (Å²) in [6.45, 7) is 5.51. The van der Waals surface area contributed by atoms with Gasteiger partial charge in [0.15, 0.2) is 5.78 Å². The molecule has 0 amide bonds. The Kier molecular flexibility index (Phi) is 4.90. The van der Waals surface area contributed by atoms with Crippen LogP contribution in [-0.2, 0) is 11.3 Å². The molecule has 0 aromatic carbocycles. The van der Waals surface area contributed by atoms with Crippen LogP contribution in [0.4, 0.5) is 0 Å². The van der Waals surface area contributed by atoms with Crippen molar-refractivity contribution in [2.75, 3.05) is 13.7 Å². The second kappa shape index (κ2) is 6.66. The molecule has 108 valence electrons. The lowest BCUT2D eigenvalue weighted by atomic mass is 10.1. The number of methoxy groups -OCH3 is 1. The van der Waals surface area contributed by atoms with Crippen molar-refractivity contribution in [1.29, 1.82) is 0 Å². The van der Waals surface area contributed by atoms with Gasteiger partial charge in [0.25, 0.3) is 0 Å². The van der Waals surface area contributed by atoms with Crippen LogP contribution in [0.2, 0.25) is 0 Å². The highest BCUT2D eigenvalue weighted by atomic mass is 16.5. The molecule has 0 saturated carbocycles. The van der Waals surface area contributed by atoms with Gasteiger partial charge in [0.2, 0.25) is 0 Å². The standard InChI is InChI=1S/C16H22N2O2/c1-4-15(19)14-11-18(9-5-6-10-20-3)16-13(14)8-7-12(2)17-16/h7-8,11H,4-6,9-10H2,1-3H3. The molecule has 0 saturated heterocycles. The third kappa shape index (κ3) is 3.07. The average molecular weight is 274 g/mol. The number of hydrogen-bond donors (Lipinski definition) is 0. The molecule has 4 nitrogen and oxygen atoms in total. The van der Waals surface area contributed by atoms with Gasteiger partial charge in [0, 0.05) is 49.5 Å². The largest absolute Gasteiger partial charge is 0.385 e. The van der Waals surface area contributed by atoms with Crippen LogP contribution in [0.25, 0.3) is 11.0 Å². The molecule has 2 aromatic heterocycles. The minimum absolute atomic E-state index is 0.177. The molecule has 0 radical (unpaired) electrons. The van der Waals surface area contributed by atoms with Crippen molar-refractivity contribution in [3.63, 3.8) is 0 Å². The lowest BCUT2D eigenvalue weighted by molar-refractivity contribution is 0.0989. The summed E-state index contributed by atoms with van der Waals surface area (Å²) >= 11 is 0. The predicted molar refractivity (Wildman–Crippen MR) is 80.2 cm³/mol. The van der Waals surface area contributed by atoms with Gasteiger partial charge in [-0.05, 0) is 31.9 Å². The smallest absolute Gasteiger partial charge is 0.164 e. The number of Topliss-reactive ketones (excluding diaryl/α,β-unsaturated/α-hetero) is 1. The number of pyridine rings is 1. The molecule has 4 heteroatoms. The maximum Gasteiger partial charge on any atom is 0.164 e. The first-order valence-corrected chi connectivity index (χ1v) is 7.16. The number of rotatable bonds is 7. The number of carbonyl (C=O) groups excluding carboxylic acids is 1. The molecular formula is C16H22N2O2. The van der Waals surface area contributed by atoms with Crippen molar-refractivity contribution in [2.24, 2.45) is 0 Å². The first-order chi connectivity index (χ1) is 9.67. The summed E-state index contributed by atoms with van der Waals surface area (Å²) in [4.78, 5) is 16.6. The second-order valence-corrected chi connectivity index (χ2v) is 5.04. The zero-order valence-corrected chi connectivity index (χ0v) is 12.5. The van der Waals surface area contributed by atoms with Crippen LogP contribution in [0.5, 0.6) is 0 Å². The number of aryl methyl sites for hydroxylation is 2. The summed E-state index contributed by atoms with van der Waals surface area (Å²) in [5, 5.41) is 0.967. The minimum Gasteiger partial charge on any atom is -0.385 e. The summed E-state index contributed by atoms with van der Waals surface area (Å²) in [6, 6.07) is 3.97. The third-order valence-corrected chi connectivity index (χ3v) is 3.48. The lowest BCUT2D eigenvalue weighted by Gasteiger charge is -2.04. The normalized spacial score (nSPS) is 11.2. The van der Waals surface area contributed by atoms with Gasteiger partial charge in [-0.15, -0.1) is 0 Å². The van der Waals surface area contributed by atoms with Crippen molar-refractivity contribution in [3.05, 3.63) is 29.6 Å². The van der Waals surface area contributed by atoms with Gasteiger partial charge in [-0.25, -0.2) is 4.98 Å². The van der Waals surface area contributed by atoms with Crippen molar-refractivity contribution >= 4 is 16.8 Å². The molecule has 0 aliphatic rings. The van der Waals surface area contributed by atoms with Crippen LogP contribution in [-0.4, -0.2) is 29.1 Å². The molecule has 2 aromatic rings. The highest BCUT2D eigenvalue weighted by molar-refractivity contribution is 6.07. The molecule has 0 N–H and O–H groups in total. The molecule has 0 aliphatic carbocycles. The Hall–Kier alpha value is -1.68. The van der Waals surface area contributed by atoms with Crippen LogP contribution in [0.3, 0.4) is 0 Å². The lowest BCUT2D eigenvalue weighted by Crippen LogP contribution is -2.00. The molecule has 20 heavy (non-hydrogen) atoms. The fourth-order valence-corrected chi connectivity index (χ4v) is 2.37. The molecule has 0 aliphatic heterocycles. The number of aromatic nitrogens is 2. The maximum atomic E-state index is 12.0. The quantitative estimate of drug-likeness (QED) is 0.574. The fourth-order valence-electron chi connectivity index (χ4n) is 2.37. The van der Waals surface area contributed by atoms with E-state index >= 15 is 0 Å².